The maximum absolute atomic E-state index is 4.40. The van der Waals surface area contributed by atoms with Gasteiger partial charge >= 0.3 is 0 Å². The van der Waals surface area contributed by atoms with E-state index in [0.717, 1.165) is 24.7 Å². The van der Waals surface area contributed by atoms with Gasteiger partial charge in [0.15, 0.2) is 0 Å². The predicted octanol–water partition coefficient (Wildman–Crippen LogP) is 1.23. The summed E-state index contributed by atoms with van der Waals surface area (Å²) in [6.45, 7) is 5.48. The van der Waals surface area contributed by atoms with Gasteiger partial charge < -0.3 is 5.32 Å². The molecule has 1 saturated heterocycles. The molecule has 4 heteroatoms. The molecule has 0 unspecified atom stereocenters. The summed E-state index contributed by atoms with van der Waals surface area (Å²) in [7, 11) is 0. The lowest BCUT2D eigenvalue weighted by Gasteiger charge is -2.22. The zero-order valence-electron chi connectivity index (χ0n) is 9.45. The summed E-state index contributed by atoms with van der Waals surface area (Å²) >= 11 is 0. The van der Waals surface area contributed by atoms with Crippen LogP contribution in [0.1, 0.15) is 32.0 Å². The Morgan fingerprint density at radius 3 is 2.93 bits per heavy atom. The predicted molar refractivity (Wildman–Crippen MR) is 59.6 cm³/mol. The topological polar surface area (TPSA) is 42.7 Å². The first kappa shape index (κ1) is 10.6. The Morgan fingerprint density at radius 2 is 2.27 bits per heavy atom. The lowest BCUT2D eigenvalue weighted by Crippen LogP contribution is -2.28. The molecule has 2 rings (SSSR count). The highest BCUT2D eigenvalue weighted by atomic mass is 15.3. The van der Waals surface area contributed by atoms with Crippen LogP contribution in [0.25, 0.3) is 0 Å². The molecule has 1 aromatic heterocycles. The van der Waals surface area contributed by atoms with Crippen molar-refractivity contribution >= 4 is 0 Å². The van der Waals surface area contributed by atoms with Gasteiger partial charge in [-0.1, -0.05) is 6.92 Å². The zero-order valence-corrected chi connectivity index (χ0v) is 9.45. The van der Waals surface area contributed by atoms with E-state index in [1.807, 2.05) is 11.0 Å². The minimum atomic E-state index is 0.875. The smallest absolute Gasteiger partial charge is 0.150 e. The van der Waals surface area contributed by atoms with E-state index in [2.05, 4.69) is 22.3 Å². The molecule has 0 spiro atoms. The first-order valence-electron chi connectivity index (χ1n) is 5.97. The molecule has 2 heterocycles. The molecule has 1 N–H and O–H groups in total. The van der Waals surface area contributed by atoms with E-state index in [1.54, 1.807) is 0 Å². The van der Waals surface area contributed by atoms with E-state index in [-0.39, 0.29) is 0 Å². The molecule has 0 amide bonds. The van der Waals surface area contributed by atoms with Crippen molar-refractivity contribution in [3.63, 3.8) is 0 Å². The molecule has 0 aliphatic carbocycles. The molecule has 1 aliphatic rings. The SMILES string of the molecule is CCc1ncn(CCC2CCNCC2)n1. The van der Waals surface area contributed by atoms with Crippen molar-refractivity contribution in [2.75, 3.05) is 13.1 Å². The van der Waals surface area contributed by atoms with Crippen molar-refractivity contribution < 1.29 is 0 Å². The number of hydrogen-bond donors (Lipinski definition) is 1. The fourth-order valence-electron chi connectivity index (χ4n) is 2.09. The van der Waals surface area contributed by atoms with Gasteiger partial charge in [0.05, 0.1) is 0 Å². The fraction of sp³-hybridized carbons (Fsp3) is 0.818. The summed E-state index contributed by atoms with van der Waals surface area (Å²) < 4.78 is 1.99. The molecular weight excluding hydrogens is 188 g/mol. The highest BCUT2D eigenvalue weighted by Crippen LogP contribution is 2.16. The van der Waals surface area contributed by atoms with E-state index in [4.69, 9.17) is 0 Å². The van der Waals surface area contributed by atoms with Crippen molar-refractivity contribution in [3.8, 4) is 0 Å². The second kappa shape index (κ2) is 5.26. The molecule has 4 nitrogen and oxygen atoms in total. The first-order chi connectivity index (χ1) is 7.38. The van der Waals surface area contributed by atoms with Crippen LogP contribution >= 0.6 is 0 Å². The first-order valence-corrected chi connectivity index (χ1v) is 5.97. The van der Waals surface area contributed by atoms with Crippen LogP contribution in [0.2, 0.25) is 0 Å². The minimum absolute atomic E-state index is 0.875. The van der Waals surface area contributed by atoms with Crippen molar-refractivity contribution in [3.05, 3.63) is 12.2 Å². The zero-order chi connectivity index (χ0) is 10.5. The maximum Gasteiger partial charge on any atom is 0.150 e. The Kier molecular flexibility index (Phi) is 3.72. The van der Waals surface area contributed by atoms with Gasteiger partial charge in [-0.3, -0.25) is 4.68 Å². The maximum atomic E-state index is 4.40. The molecule has 0 radical (unpaired) electrons. The van der Waals surface area contributed by atoms with E-state index in [0.29, 0.717) is 0 Å². The standard InChI is InChI=1S/C11H20N4/c1-2-11-13-9-15(14-11)8-5-10-3-6-12-7-4-10/h9-10,12H,2-8H2,1H3. The molecule has 0 aromatic carbocycles. The van der Waals surface area contributed by atoms with E-state index in [1.165, 1.54) is 32.4 Å². The van der Waals surface area contributed by atoms with Crippen LogP contribution in [0.15, 0.2) is 6.33 Å². The Morgan fingerprint density at radius 1 is 1.47 bits per heavy atom. The molecule has 0 bridgehead atoms. The molecular formula is C11H20N4. The summed E-state index contributed by atoms with van der Waals surface area (Å²) in [5.41, 5.74) is 0. The summed E-state index contributed by atoms with van der Waals surface area (Å²) in [6, 6.07) is 0. The van der Waals surface area contributed by atoms with E-state index < -0.39 is 0 Å². The second-order valence-electron chi connectivity index (χ2n) is 4.26. The Labute approximate surface area is 91.1 Å². The molecule has 1 aliphatic heterocycles. The largest absolute Gasteiger partial charge is 0.317 e. The summed E-state index contributed by atoms with van der Waals surface area (Å²) in [6.07, 6.45) is 6.67. The van der Waals surface area contributed by atoms with Gasteiger partial charge in [-0.15, -0.1) is 0 Å². The van der Waals surface area contributed by atoms with Gasteiger partial charge in [-0.25, -0.2) is 4.98 Å². The monoisotopic (exact) mass is 208 g/mol. The highest BCUT2D eigenvalue weighted by Gasteiger charge is 2.12. The summed E-state index contributed by atoms with van der Waals surface area (Å²) in [4.78, 5) is 4.24. The number of aryl methyl sites for hydroxylation is 2. The second-order valence-corrected chi connectivity index (χ2v) is 4.26. The molecule has 0 saturated carbocycles. The van der Waals surface area contributed by atoms with Crippen molar-refractivity contribution in [1.82, 2.24) is 20.1 Å². The van der Waals surface area contributed by atoms with Gasteiger partial charge in [0.2, 0.25) is 0 Å². The molecule has 0 atom stereocenters. The van der Waals surface area contributed by atoms with Gasteiger partial charge in [0.25, 0.3) is 0 Å². The summed E-state index contributed by atoms with van der Waals surface area (Å²) in [5, 5.41) is 7.79. The average Bonchev–Trinajstić information content (AvgIpc) is 2.76. The minimum Gasteiger partial charge on any atom is -0.317 e. The molecule has 1 fully saturated rings. The van der Waals surface area contributed by atoms with Gasteiger partial charge in [-0.05, 0) is 38.3 Å². The Bertz CT molecular complexity index is 289. The van der Waals surface area contributed by atoms with Crippen molar-refractivity contribution in [2.24, 2.45) is 5.92 Å². The van der Waals surface area contributed by atoms with Gasteiger partial charge in [0.1, 0.15) is 12.2 Å². The normalized spacial score (nSPS) is 18.2. The quantitative estimate of drug-likeness (QED) is 0.809. The van der Waals surface area contributed by atoms with E-state index >= 15 is 0 Å². The number of aromatic nitrogens is 3. The van der Waals surface area contributed by atoms with Crippen LogP contribution in [-0.4, -0.2) is 27.9 Å². The van der Waals surface area contributed by atoms with Crippen LogP contribution < -0.4 is 5.32 Å². The van der Waals surface area contributed by atoms with E-state index in [9.17, 15) is 0 Å². The number of nitrogens with zero attached hydrogens (tertiary/aromatic N) is 3. The van der Waals surface area contributed by atoms with Crippen LogP contribution in [-0.2, 0) is 13.0 Å². The van der Waals surface area contributed by atoms with Crippen LogP contribution in [0.3, 0.4) is 0 Å². The lowest BCUT2D eigenvalue weighted by atomic mass is 9.95. The lowest BCUT2D eigenvalue weighted by molar-refractivity contribution is 0.331. The third kappa shape index (κ3) is 3.02. The average molecular weight is 208 g/mol. The van der Waals surface area contributed by atoms with Crippen LogP contribution in [0.4, 0.5) is 0 Å². The number of nitrogens with one attached hydrogen (secondary N) is 1. The van der Waals surface area contributed by atoms with Crippen molar-refractivity contribution in [1.29, 1.82) is 0 Å². The molecule has 84 valence electrons. The highest BCUT2D eigenvalue weighted by molar-refractivity contribution is 4.80. The van der Waals surface area contributed by atoms with Crippen LogP contribution in [0.5, 0.6) is 0 Å². The molecule has 1 aromatic rings. The number of rotatable bonds is 4. The Balaban J connectivity index is 1.76. The number of hydrogen-bond acceptors (Lipinski definition) is 3. The van der Waals surface area contributed by atoms with Crippen LogP contribution in [0, 0.1) is 5.92 Å². The fourth-order valence-corrected chi connectivity index (χ4v) is 2.09. The summed E-state index contributed by atoms with van der Waals surface area (Å²) in [5.74, 6) is 1.83. The van der Waals surface area contributed by atoms with Gasteiger partial charge in [-0.2, -0.15) is 5.10 Å². The van der Waals surface area contributed by atoms with Gasteiger partial charge in [0, 0.05) is 13.0 Å². The Hall–Kier alpha value is -0.900. The number of piperidine rings is 1. The van der Waals surface area contributed by atoms with Crippen molar-refractivity contribution in [2.45, 2.75) is 39.2 Å². The third-order valence-corrected chi connectivity index (χ3v) is 3.13. The molecule has 15 heavy (non-hydrogen) atoms. The third-order valence-electron chi connectivity index (χ3n) is 3.13.